The third-order valence-corrected chi connectivity index (χ3v) is 2.91. The van der Waals surface area contributed by atoms with Crippen molar-refractivity contribution in [1.29, 1.82) is 0 Å². The van der Waals surface area contributed by atoms with E-state index in [4.69, 9.17) is 20.1 Å². The molecule has 0 aromatic heterocycles. The highest BCUT2D eigenvalue weighted by atomic mass is 16.6. The van der Waals surface area contributed by atoms with Crippen molar-refractivity contribution in [2.45, 2.75) is 39.2 Å². The van der Waals surface area contributed by atoms with E-state index in [0.29, 0.717) is 38.0 Å². The number of carboxylic acid groups (broad SMARTS) is 2. The van der Waals surface area contributed by atoms with Gasteiger partial charge in [0.05, 0.1) is 19.3 Å². The highest BCUT2D eigenvalue weighted by molar-refractivity contribution is 5.86. The first kappa shape index (κ1) is 25.8. The quantitative estimate of drug-likeness (QED) is 0.242. The van der Waals surface area contributed by atoms with Gasteiger partial charge in [-0.25, -0.2) is 14.4 Å². The summed E-state index contributed by atoms with van der Waals surface area (Å²) in [5.74, 6) is -2.18. The SMILES string of the molecule is C/C=C(\C)C(=O)O.C=C(CC1CO1)C(=O)O.C=CC(=O)OCCCCO. The molecular formula is C18H28O8. The molecule has 1 atom stereocenters. The highest BCUT2D eigenvalue weighted by Crippen LogP contribution is 2.17. The average molecular weight is 372 g/mol. The van der Waals surface area contributed by atoms with Gasteiger partial charge in [0.2, 0.25) is 0 Å². The number of hydrogen-bond donors (Lipinski definition) is 3. The van der Waals surface area contributed by atoms with E-state index in [2.05, 4.69) is 17.9 Å². The fourth-order valence-corrected chi connectivity index (χ4v) is 1.12. The van der Waals surface area contributed by atoms with Crippen LogP contribution in [0.2, 0.25) is 0 Å². The number of ether oxygens (including phenoxy) is 2. The lowest BCUT2D eigenvalue weighted by molar-refractivity contribution is -0.138. The van der Waals surface area contributed by atoms with Crippen LogP contribution in [0.4, 0.5) is 0 Å². The topological polar surface area (TPSA) is 134 Å². The standard InChI is InChI=1S/C7H12O3.C6H8O3.C5H8O2/c1-2-7(9)10-6-4-3-5-8;1-4(6(7)8)2-5-3-9-5;1-3-4(2)5(6)7/h2,8H,1,3-6H2;5H,1-3H2,(H,7,8);3H,1-2H3,(H,6,7)/b;;4-3+. The number of carbonyl (C=O) groups is 3. The fraction of sp³-hybridized carbons (Fsp3) is 0.500. The van der Waals surface area contributed by atoms with E-state index >= 15 is 0 Å². The minimum Gasteiger partial charge on any atom is -0.478 e. The first-order chi connectivity index (χ1) is 12.2. The molecule has 0 bridgehead atoms. The summed E-state index contributed by atoms with van der Waals surface area (Å²) in [6.45, 7) is 11.0. The molecule has 0 amide bonds. The zero-order valence-corrected chi connectivity index (χ0v) is 15.3. The van der Waals surface area contributed by atoms with Crippen LogP contribution in [0.3, 0.4) is 0 Å². The van der Waals surface area contributed by atoms with Crippen molar-refractivity contribution in [2.75, 3.05) is 19.8 Å². The minimum absolute atomic E-state index is 0.133. The number of carboxylic acids is 2. The molecule has 1 rings (SSSR count). The predicted molar refractivity (Wildman–Crippen MR) is 95.7 cm³/mol. The van der Waals surface area contributed by atoms with Gasteiger partial charge >= 0.3 is 17.9 Å². The number of carbonyl (C=O) groups excluding carboxylic acids is 1. The summed E-state index contributed by atoms with van der Waals surface area (Å²) in [6.07, 6.45) is 4.66. The monoisotopic (exact) mass is 372 g/mol. The highest BCUT2D eigenvalue weighted by Gasteiger charge is 2.24. The van der Waals surface area contributed by atoms with E-state index in [1.807, 2.05) is 0 Å². The number of aliphatic carboxylic acids is 2. The minimum atomic E-state index is -0.925. The zero-order chi connectivity index (χ0) is 20.5. The van der Waals surface area contributed by atoms with Crippen molar-refractivity contribution in [3.63, 3.8) is 0 Å². The van der Waals surface area contributed by atoms with Crippen LogP contribution in [0.5, 0.6) is 0 Å². The van der Waals surface area contributed by atoms with Gasteiger partial charge in [-0.1, -0.05) is 19.2 Å². The number of hydrogen-bond acceptors (Lipinski definition) is 6. The molecule has 0 aromatic carbocycles. The Balaban J connectivity index is 0. The van der Waals surface area contributed by atoms with E-state index < -0.39 is 17.9 Å². The van der Waals surface area contributed by atoms with E-state index in [1.54, 1.807) is 19.9 Å². The molecule has 1 unspecified atom stereocenters. The fourth-order valence-electron chi connectivity index (χ4n) is 1.12. The van der Waals surface area contributed by atoms with Crippen molar-refractivity contribution < 1.29 is 39.2 Å². The maximum Gasteiger partial charge on any atom is 0.331 e. The number of aliphatic hydroxyl groups is 1. The molecule has 1 saturated heterocycles. The van der Waals surface area contributed by atoms with Crippen LogP contribution in [-0.2, 0) is 23.9 Å². The summed E-state index contributed by atoms with van der Waals surface area (Å²) in [4.78, 5) is 30.3. The second-order valence-electron chi connectivity index (χ2n) is 5.15. The lowest BCUT2D eigenvalue weighted by atomic mass is 10.2. The van der Waals surface area contributed by atoms with E-state index in [1.165, 1.54) is 0 Å². The average Bonchev–Trinajstić information content (AvgIpc) is 3.42. The smallest absolute Gasteiger partial charge is 0.331 e. The largest absolute Gasteiger partial charge is 0.478 e. The Morgan fingerprint density at radius 3 is 2.12 bits per heavy atom. The molecule has 1 heterocycles. The van der Waals surface area contributed by atoms with Crippen LogP contribution >= 0.6 is 0 Å². The van der Waals surface area contributed by atoms with Gasteiger partial charge in [0.15, 0.2) is 0 Å². The Morgan fingerprint density at radius 2 is 1.81 bits per heavy atom. The molecular weight excluding hydrogens is 344 g/mol. The zero-order valence-electron chi connectivity index (χ0n) is 15.3. The molecule has 8 nitrogen and oxygen atoms in total. The van der Waals surface area contributed by atoms with Crippen LogP contribution in [0.1, 0.15) is 33.1 Å². The summed E-state index contributed by atoms with van der Waals surface area (Å²) >= 11 is 0. The van der Waals surface area contributed by atoms with Gasteiger partial charge in [-0.05, 0) is 26.7 Å². The Hall–Kier alpha value is -2.45. The molecule has 0 spiro atoms. The second kappa shape index (κ2) is 16.0. The van der Waals surface area contributed by atoms with Gasteiger partial charge < -0.3 is 24.8 Å². The first-order valence-electron chi connectivity index (χ1n) is 7.98. The van der Waals surface area contributed by atoms with Gasteiger partial charge in [0.1, 0.15) is 0 Å². The van der Waals surface area contributed by atoms with Gasteiger partial charge in [0.25, 0.3) is 0 Å². The molecule has 0 saturated carbocycles. The molecule has 26 heavy (non-hydrogen) atoms. The number of unbranched alkanes of at least 4 members (excludes halogenated alkanes) is 1. The van der Waals surface area contributed by atoms with Crippen molar-refractivity contribution in [1.82, 2.24) is 0 Å². The molecule has 148 valence electrons. The van der Waals surface area contributed by atoms with E-state index in [9.17, 15) is 14.4 Å². The van der Waals surface area contributed by atoms with Crippen molar-refractivity contribution in [3.05, 3.63) is 36.5 Å². The van der Waals surface area contributed by atoms with E-state index in [0.717, 1.165) is 6.08 Å². The molecule has 0 aliphatic carbocycles. The van der Waals surface area contributed by atoms with Crippen LogP contribution < -0.4 is 0 Å². The van der Waals surface area contributed by atoms with Gasteiger partial charge in [-0.3, -0.25) is 0 Å². The number of aliphatic hydroxyl groups excluding tert-OH is 1. The summed E-state index contributed by atoms with van der Waals surface area (Å²) in [6, 6.07) is 0. The van der Waals surface area contributed by atoms with Gasteiger partial charge in [-0.2, -0.15) is 0 Å². The summed E-state index contributed by atoms with van der Waals surface area (Å²) in [5.41, 5.74) is 0.623. The van der Waals surface area contributed by atoms with Crippen molar-refractivity contribution >= 4 is 17.9 Å². The van der Waals surface area contributed by atoms with Crippen molar-refractivity contribution in [3.8, 4) is 0 Å². The second-order valence-corrected chi connectivity index (χ2v) is 5.15. The molecule has 3 N–H and O–H groups in total. The lowest BCUT2D eigenvalue weighted by Gasteiger charge is -1.98. The number of allylic oxidation sites excluding steroid dienone is 1. The van der Waals surface area contributed by atoms with E-state index in [-0.39, 0.29) is 18.3 Å². The van der Waals surface area contributed by atoms with Crippen LogP contribution in [0.15, 0.2) is 36.5 Å². The number of rotatable bonds is 9. The number of epoxide rings is 1. The number of esters is 1. The van der Waals surface area contributed by atoms with Crippen LogP contribution in [0.25, 0.3) is 0 Å². The Kier molecular flexibility index (Phi) is 15.9. The Morgan fingerprint density at radius 1 is 1.23 bits per heavy atom. The van der Waals surface area contributed by atoms with Gasteiger partial charge in [0, 0.05) is 30.2 Å². The third kappa shape index (κ3) is 17.9. The van der Waals surface area contributed by atoms with Crippen LogP contribution in [-0.4, -0.2) is 59.2 Å². The van der Waals surface area contributed by atoms with Crippen molar-refractivity contribution in [2.24, 2.45) is 0 Å². The Labute approximate surface area is 153 Å². The summed E-state index contributed by atoms with van der Waals surface area (Å²) < 4.78 is 9.43. The molecule has 1 fully saturated rings. The molecule has 1 aliphatic rings. The normalized spacial score (nSPS) is 14.6. The maximum absolute atomic E-state index is 10.4. The maximum atomic E-state index is 10.4. The summed E-state index contributed by atoms with van der Waals surface area (Å²) in [7, 11) is 0. The lowest BCUT2D eigenvalue weighted by Crippen LogP contribution is -2.02. The molecule has 8 heteroatoms. The first-order valence-corrected chi connectivity index (χ1v) is 7.98. The molecule has 1 aliphatic heterocycles. The Bertz CT molecular complexity index is 503. The van der Waals surface area contributed by atoms with Gasteiger partial charge in [-0.15, -0.1) is 0 Å². The third-order valence-electron chi connectivity index (χ3n) is 2.91. The van der Waals surface area contributed by atoms with Crippen LogP contribution in [0, 0.1) is 0 Å². The summed E-state index contributed by atoms with van der Waals surface area (Å²) in [5, 5.41) is 24.7. The molecule has 0 aromatic rings. The molecule has 0 radical (unpaired) electrons. The predicted octanol–water partition coefficient (Wildman–Crippen LogP) is 1.94.